The van der Waals surface area contributed by atoms with E-state index in [-0.39, 0.29) is 5.69 Å². The quantitative estimate of drug-likeness (QED) is 0.588. The van der Waals surface area contributed by atoms with Gasteiger partial charge in [-0.3, -0.25) is 10.1 Å². The second kappa shape index (κ2) is 3.58. The Labute approximate surface area is 94.2 Å². The molecular weight excluding hydrogens is 260 g/mol. The van der Waals surface area contributed by atoms with E-state index >= 15 is 0 Å². The fourth-order valence-corrected chi connectivity index (χ4v) is 1.83. The van der Waals surface area contributed by atoms with Crippen LogP contribution in [0.2, 0.25) is 0 Å². The normalized spacial score (nSPS) is 10.5. The highest BCUT2D eigenvalue weighted by atomic mass is 79.9. The van der Waals surface area contributed by atoms with Crippen LogP contribution in [0, 0.1) is 17.0 Å². The number of aryl methyl sites for hydroxylation is 1. The van der Waals surface area contributed by atoms with Crippen LogP contribution < -0.4 is 0 Å². The van der Waals surface area contributed by atoms with Gasteiger partial charge in [-0.25, -0.2) is 4.98 Å². The van der Waals surface area contributed by atoms with Gasteiger partial charge < -0.3 is 0 Å². The number of fused-ring (bicyclic) bond motifs is 1. The van der Waals surface area contributed by atoms with Crippen molar-refractivity contribution in [2.45, 2.75) is 6.92 Å². The molecule has 0 spiro atoms. The van der Waals surface area contributed by atoms with Crippen molar-refractivity contribution in [1.82, 2.24) is 4.98 Å². The zero-order valence-corrected chi connectivity index (χ0v) is 9.48. The van der Waals surface area contributed by atoms with Gasteiger partial charge in [-0.15, -0.1) is 0 Å². The summed E-state index contributed by atoms with van der Waals surface area (Å²) in [5.41, 5.74) is 1.47. The van der Waals surface area contributed by atoms with Crippen LogP contribution in [0.4, 0.5) is 5.69 Å². The minimum atomic E-state index is -0.414. The molecule has 1 aromatic carbocycles. The number of rotatable bonds is 1. The van der Waals surface area contributed by atoms with E-state index in [1.54, 1.807) is 6.92 Å². The van der Waals surface area contributed by atoms with Crippen molar-refractivity contribution in [3.63, 3.8) is 0 Å². The Bertz CT molecular complexity index is 554. The molecule has 0 fully saturated rings. The van der Waals surface area contributed by atoms with Crippen LogP contribution in [0.5, 0.6) is 0 Å². The summed E-state index contributed by atoms with van der Waals surface area (Å²) >= 11 is 3.33. The Morgan fingerprint density at radius 3 is 2.87 bits per heavy atom. The highest BCUT2D eigenvalue weighted by Gasteiger charge is 2.13. The Kier molecular flexibility index (Phi) is 2.40. The molecule has 0 aliphatic heterocycles. The smallest absolute Gasteiger partial charge is 0.258 e. The summed E-state index contributed by atoms with van der Waals surface area (Å²) in [7, 11) is 0. The Balaban J connectivity index is 2.82. The summed E-state index contributed by atoms with van der Waals surface area (Å²) in [6.45, 7) is 1.73. The van der Waals surface area contributed by atoms with Gasteiger partial charge in [0, 0.05) is 15.4 Å². The van der Waals surface area contributed by atoms with Gasteiger partial charge in [-0.1, -0.05) is 15.9 Å². The first kappa shape index (κ1) is 10.0. The topological polar surface area (TPSA) is 56.0 Å². The summed E-state index contributed by atoms with van der Waals surface area (Å²) in [5, 5.41) is 11.5. The van der Waals surface area contributed by atoms with Crippen LogP contribution in [-0.2, 0) is 0 Å². The summed E-state index contributed by atoms with van der Waals surface area (Å²) in [6, 6.07) is 5.53. The molecule has 0 saturated heterocycles. The zero-order valence-electron chi connectivity index (χ0n) is 7.90. The molecule has 1 heterocycles. The van der Waals surface area contributed by atoms with Crippen molar-refractivity contribution in [1.29, 1.82) is 0 Å². The maximum Gasteiger partial charge on any atom is 0.291 e. The fourth-order valence-electron chi connectivity index (χ4n) is 1.47. The predicted octanol–water partition coefficient (Wildman–Crippen LogP) is 3.21. The third-order valence-electron chi connectivity index (χ3n) is 2.27. The number of aromatic nitrogens is 1. The molecule has 0 radical (unpaired) electrons. The number of nitrogens with zero attached hydrogens (tertiary/aromatic N) is 2. The number of benzene rings is 1. The molecule has 0 unspecified atom stereocenters. The van der Waals surface area contributed by atoms with Gasteiger partial charge >= 0.3 is 0 Å². The van der Waals surface area contributed by atoms with Crippen LogP contribution in [0.15, 0.2) is 28.9 Å². The molecule has 1 aromatic heterocycles. The van der Waals surface area contributed by atoms with E-state index in [9.17, 15) is 10.1 Å². The standard InChI is InChI=1S/C10H7BrN2O2/c1-6-8-4-7(11)2-3-9(8)12-5-10(6)13(14)15/h2-5H,1H3. The molecule has 0 N–H and O–H groups in total. The summed E-state index contributed by atoms with van der Waals surface area (Å²) in [6.07, 6.45) is 1.30. The Morgan fingerprint density at radius 1 is 1.47 bits per heavy atom. The average Bonchev–Trinajstić information content (AvgIpc) is 2.19. The minimum Gasteiger partial charge on any atom is -0.258 e. The van der Waals surface area contributed by atoms with Gasteiger partial charge in [0.2, 0.25) is 0 Å². The minimum absolute atomic E-state index is 0.0561. The van der Waals surface area contributed by atoms with Crippen LogP contribution in [0.3, 0.4) is 0 Å². The number of hydrogen-bond donors (Lipinski definition) is 0. The zero-order chi connectivity index (χ0) is 11.0. The molecule has 0 bridgehead atoms. The molecule has 76 valence electrons. The number of hydrogen-bond acceptors (Lipinski definition) is 3. The van der Waals surface area contributed by atoms with Crippen LogP contribution in [0.1, 0.15) is 5.56 Å². The van der Waals surface area contributed by atoms with Crippen molar-refractivity contribution >= 4 is 32.5 Å². The van der Waals surface area contributed by atoms with E-state index in [2.05, 4.69) is 20.9 Å². The second-order valence-electron chi connectivity index (χ2n) is 3.19. The molecule has 0 saturated carbocycles. The van der Waals surface area contributed by atoms with Gasteiger partial charge in [0.05, 0.1) is 10.4 Å². The maximum atomic E-state index is 10.7. The molecule has 0 atom stereocenters. The van der Waals surface area contributed by atoms with Gasteiger partial charge in [-0.2, -0.15) is 0 Å². The lowest BCUT2D eigenvalue weighted by Crippen LogP contribution is -1.94. The van der Waals surface area contributed by atoms with Gasteiger partial charge in [-0.05, 0) is 25.1 Å². The Morgan fingerprint density at radius 2 is 2.20 bits per heavy atom. The molecule has 2 aromatic rings. The van der Waals surface area contributed by atoms with Crippen molar-refractivity contribution in [2.75, 3.05) is 0 Å². The van der Waals surface area contributed by atoms with E-state index in [0.29, 0.717) is 5.56 Å². The lowest BCUT2D eigenvalue weighted by molar-refractivity contribution is -0.385. The number of halogens is 1. The summed E-state index contributed by atoms with van der Waals surface area (Å²) < 4.78 is 0.889. The third kappa shape index (κ3) is 1.70. The largest absolute Gasteiger partial charge is 0.291 e. The Hall–Kier alpha value is -1.49. The van der Waals surface area contributed by atoms with E-state index in [1.165, 1.54) is 6.20 Å². The first-order valence-electron chi connectivity index (χ1n) is 4.29. The van der Waals surface area contributed by atoms with Gasteiger partial charge in [0.1, 0.15) is 6.20 Å². The van der Waals surface area contributed by atoms with E-state index in [4.69, 9.17) is 0 Å². The molecule has 2 rings (SSSR count). The lowest BCUT2D eigenvalue weighted by Gasteiger charge is -2.02. The van der Waals surface area contributed by atoms with Crippen molar-refractivity contribution in [3.8, 4) is 0 Å². The SMILES string of the molecule is Cc1c([N+](=O)[O-])cnc2ccc(Br)cc12. The third-order valence-corrected chi connectivity index (χ3v) is 2.76. The monoisotopic (exact) mass is 266 g/mol. The van der Waals surface area contributed by atoms with Gasteiger partial charge in [0.15, 0.2) is 0 Å². The lowest BCUT2D eigenvalue weighted by atomic mass is 10.1. The molecule has 5 heteroatoms. The van der Waals surface area contributed by atoms with E-state index in [0.717, 1.165) is 15.4 Å². The molecular formula is C10H7BrN2O2. The fraction of sp³-hybridized carbons (Fsp3) is 0.100. The molecule has 4 nitrogen and oxygen atoms in total. The predicted molar refractivity (Wildman–Crippen MR) is 60.8 cm³/mol. The van der Waals surface area contributed by atoms with Crippen LogP contribution in [-0.4, -0.2) is 9.91 Å². The summed E-state index contributed by atoms with van der Waals surface area (Å²) in [5.74, 6) is 0. The molecule has 0 aliphatic carbocycles. The first-order chi connectivity index (χ1) is 7.09. The number of pyridine rings is 1. The molecule has 0 aliphatic rings. The van der Waals surface area contributed by atoms with Crippen molar-refractivity contribution < 1.29 is 4.92 Å². The highest BCUT2D eigenvalue weighted by molar-refractivity contribution is 9.10. The van der Waals surface area contributed by atoms with Crippen LogP contribution >= 0.6 is 15.9 Å². The highest BCUT2D eigenvalue weighted by Crippen LogP contribution is 2.27. The molecule has 0 amide bonds. The maximum absolute atomic E-state index is 10.7. The van der Waals surface area contributed by atoms with Crippen molar-refractivity contribution in [2.24, 2.45) is 0 Å². The van der Waals surface area contributed by atoms with E-state index in [1.807, 2.05) is 18.2 Å². The summed E-state index contributed by atoms with van der Waals surface area (Å²) in [4.78, 5) is 14.3. The molecule has 15 heavy (non-hydrogen) atoms. The first-order valence-corrected chi connectivity index (χ1v) is 5.08. The van der Waals surface area contributed by atoms with Crippen LogP contribution in [0.25, 0.3) is 10.9 Å². The average molecular weight is 267 g/mol. The number of nitro groups is 1. The van der Waals surface area contributed by atoms with E-state index < -0.39 is 4.92 Å². The second-order valence-corrected chi connectivity index (χ2v) is 4.10. The van der Waals surface area contributed by atoms with Gasteiger partial charge in [0.25, 0.3) is 5.69 Å². The van der Waals surface area contributed by atoms with Crippen molar-refractivity contribution in [3.05, 3.63) is 44.5 Å².